The summed E-state index contributed by atoms with van der Waals surface area (Å²) in [4.78, 5) is 4.10. The fourth-order valence-corrected chi connectivity index (χ4v) is 2.77. The summed E-state index contributed by atoms with van der Waals surface area (Å²) in [5.74, 6) is 0. The Morgan fingerprint density at radius 1 is 1.54 bits per heavy atom. The zero-order valence-electron chi connectivity index (χ0n) is 7.27. The van der Waals surface area contributed by atoms with Crippen molar-refractivity contribution in [3.63, 3.8) is 0 Å². The largest absolute Gasteiger partial charge is 0.315 e. The van der Waals surface area contributed by atoms with Gasteiger partial charge in [0.15, 0.2) is 0 Å². The molecular formula is C9H12N2OS. The third kappa shape index (κ3) is 1.95. The second-order valence-corrected chi connectivity index (χ2v) is 4.76. The molecular weight excluding hydrogens is 184 g/mol. The minimum absolute atomic E-state index is 0.245. The summed E-state index contributed by atoms with van der Waals surface area (Å²) in [6, 6.07) is 5.55. The monoisotopic (exact) mass is 196 g/mol. The van der Waals surface area contributed by atoms with Gasteiger partial charge in [-0.15, -0.1) is 0 Å². The molecule has 13 heavy (non-hydrogen) atoms. The molecule has 2 unspecified atom stereocenters. The molecule has 1 aromatic rings. The summed E-state index contributed by atoms with van der Waals surface area (Å²) in [5.41, 5.74) is 0. The van der Waals surface area contributed by atoms with E-state index in [-0.39, 0.29) is 5.25 Å². The maximum absolute atomic E-state index is 11.9. The molecule has 3 nitrogen and oxygen atoms in total. The summed E-state index contributed by atoms with van der Waals surface area (Å²) < 4.78 is 11.9. The number of pyridine rings is 1. The molecule has 70 valence electrons. The second-order valence-electron chi connectivity index (χ2n) is 3.08. The van der Waals surface area contributed by atoms with Gasteiger partial charge in [0, 0.05) is 12.7 Å². The lowest BCUT2D eigenvalue weighted by Gasteiger charge is -2.06. The van der Waals surface area contributed by atoms with Crippen molar-refractivity contribution in [3.8, 4) is 0 Å². The topological polar surface area (TPSA) is 42.0 Å². The molecule has 0 aromatic carbocycles. The van der Waals surface area contributed by atoms with Gasteiger partial charge in [0.1, 0.15) is 5.03 Å². The first kappa shape index (κ1) is 8.84. The van der Waals surface area contributed by atoms with Crippen molar-refractivity contribution in [2.24, 2.45) is 0 Å². The molecule has 1 aromatic heterocycles. The van der Waals surface area contributed by atoms with Crippen LogP contribution in [0.2, 0.25) is 0 Å². The van der Waals surface area contributed by atoms with Crippen molar-refractivity contribution < 1.29 is 4.21 Å². The van der Waals surface area contributed by atoms with Crippen molar-refractivity contribution in [2.75, 3.05) is 13.1 Å². The van der Waals surface area contributed by atoms with Crippen molar-refractivity contribution in [2.45, 2.75) is 16.7 Å². The van der Waals surface area contributed by atoms with Crippen molar-refractivity contribution in [3.05, 3.63) is 24.4 Å². The van der Waals surface area contributed by atoms with E-state index in [2.05, 4.69) is 10.3 Å². The molecule has 1 aliphatic heterocycles. The van der Waals surface area contributed by atoms with Crippen LogP contribution >= 0.6 is 0 Å². The van der Waals surface area contributed by atoms with E-state index in [1.807, 2.05) is 18.2 Å². The van der Waals surface area contributed by atoms with Crippen LogP contribution in [0.1, 0.15) is 6.42 Å². The molecule has 1 saturated heterocycles. The van der Waals surface area contributed by atoms with Crippen molar-refractivity contribution in [1.29, 1.82) is 0 Å². The number of aromatic nitrogens is 1. The van der Waals surface area contributed by atoms with E-state index in [0.29, 0.717) is 5.03 Å². The van der Waals surface area contributed by atoms with Crippen molar-refractivity contribution >= 4 is 10.8 Å². The van der Waals surface area contributed by atoms with Gasteiger partial charge in [-0.3, -0.25) is 4.21 Å². The molecule has 2 atom stereocenters. The maximum Gasteiger partial charge on any atom is 0.127 e. The van der Waals surface area contributed by atoms with Crippen LogP contribution in [-0.4, -0.2) is 27.5 Å². The van der Waals surface area contributed by atoms with Crippen LogP contribution in [0.15, 0.2) is 29.4 Å². The Morgan fingerprint density at radius 2 is 2.46 bits per heavy atom. The van der Waals surface area contributed by atoms with Crippen LogP contribution in [0.25, 0.3) is 0 Å². The van der Waals surface area contributed by atoms with Crippen LogP contribution in [-0.2, 0) is 10.8 Å². The molecule has 0 spiro atoms. The smallest absolute Gasteiger partial charge is 0.127 e. The van der Waals surface area contributed by atoms with Gasteiger partial charge in [0.05, 0.1) is 16.0 Å². The van der Waals surface area contributed by atoms with Crippen LogP contribution < -0.4 is 5.32 Å². The SMILES string of the molecule is O=S(c1ccccn1)C1CCNC1. The highest BCUT2D eigenvalue weighted by molar-refractivity contribution is 7.85. The Kier molecular flexibility index (Phi) is 2.71. The Balaban J connectivity index is 2.13. The molecule has 1 aliphatic rings. The van der Waals surface area contributed by atoms with E-state index >= 15 is 0 Å². The third-order valence-corrected chi connectivity index (χ3v) is 3.82. The first-order valence-corrected chi connectivity index (χ1v) is 5.61. The first-order chi connectivity index (χ1) is 6.38. The Labute approximate surface area is 80.0 Å². The predicted octanol–water partition coefficient (Wildman–Crippen LogP) is 0.551. The highest BCUT2D eigenvalue weighted by Gasteiger charge is 2.22. The zero-order chi connectivity index (χ0) is 9.10. The third-order valence-electron chi connectivity index (χ3n) is 2.16. The average molecular weight is 196 g/mol. The highest BCUT2D eigenvalue weighted by Crippen LogP contribution is 2.13. The standard InChI is InChI=1S/C9H12N2OS/c12-13(8-4-6-10-7-8)9-3-1-2-5-11-9/h1-3,5,8,10H,4,6-7H2. The summed E-state index contributed by atoms with van der Waals surface area (Å²) >= 11 is 0. The van der Waals surface area contributed by atoms with E-state index in [1.54, 1.807) is 6.20 Å². The van der Waals surface area contributed by atoms with Crippen LogP contribution in [0.5, 0.6) is 0 Å². The number of rotatable bonds is 2. The van der Waals surface area contributed by atoms with Gasteiger partial charge in [-0.05, 0) is 25.1 Å². The van der Waals surface area contributed by atoms with E-state index in [1.165, 1.54) is 0 Å². The first-order valence-electron chi connectivity index (χ1n) is 4.40. The Hall–Kier alpha value is -0.740. The maximum atomic E-state index is 11.9. The van der Waals surface area contributed by atoms with Gasteiger partial charge < -0.3 is 5.32 Å². The number of nitrogens with one attached hydrogen (secondary N) is 1. The Bertz CT molecular complexity index is 296. The summed E-state index contributed by atoms with van der Waals surface area (Å²) in [7, 11) is -0.932. The zero-order valence-corrected chi connectivity index (χ0v) is 8.09. The van der Waals surface area contributed by atoms with E-state index in [4.69, 9.17) is 0 Å². The van der Waals surface area contributed by atoms with Gasteiger partial charge in [-0.2, -0.15) is 0 Å². The normalized spacial score (nSPS) is 24.5. The minimum atomic E-state index is -0.932. The van der Waals surface area contributed by atoms with Gasteiger partial charge in [0.25, 0.3) is 0 Å². The minimum Gasteiger partial charge on any atom is -0.315 e. The van der Waals surface area contributed by atoms with Gasteiger partial charge in [0.2, 0.25) is 0 Å². The lowest BCUT2D eigenvalue weighted by molar-refractivity contribution is 0.669. The summed E-state index contributed by atoms with van der Waals surface area (Å²) in [6.45, 7) is 1.83. The number of hydrogen-bond donors (Lipinski definition) is 1. The molecule has 1 N–H and O–H groups in total. The Morgan fingerprint density at radius 3 is 3.08 bits per heavy atom. The van der Waals surface area contributed by atoms with Gasteiger partial charge in [-0.1, -0.05) is 6.07 Å². The average Bonchev–Trinajstić information content (AvgIpc) is 2.71. The van der Waals surface area contributed by atoms with Crippen LogP contribution in [0.3, 0.4) is 0 Å². The predicted molar refractivity (Wildman–Crippen MR) is 51.9 cm³/mol. The number of hydrogen-bond acceptors (Lipinski definition) is 3. The lowest BCUT2D eigenvalue weighted by atomic mass is 10.4. The highest BCUT2D eigenvalue weighted by atomic mass is 32.2. The number of nitrogens with zero attached hydrogens (tertiary/aromatic N) is 1. The quantitative estimate of drug-likeness (QED) is 0.751. The molecule has 0 aliphatic carbocycles. The molecule has 2 heterocycles. The molecule has 1 fully saturated rings. The van der Waals surface area contributed by atoms with Gasteiger partial charge >= 0.3 is 0 Å². The fraction of sp³-hybridized carbons (Fsp3) is 0.444. The van der Waals surface area contributed by atoms with E-state index in [9.17, 15) is 4.21 Å². The second kappa shape index (κ2) is 3.98. The molecule has 0 bridgehead atoms. The molecule has 4 heteroatoms. The summed E-state index contributed by atoms with van der Waals surface area (Å²) in [6.07, 6.45) is 2.68. The molecule has 0 radical (unpaired) electrons. The lowest BCUT2D eigenvalue weighted by Crippen LogP contribution is -2.19. The summed E-state index contributed by atoms with van der Waals surface area (Å²) in [5, 5.41) is 4.15. The van der Waals surface area contributed by atoms with E-state index < -0.39 is 10.8 Å². The molecule has 0 saturated carbocycles. The molecule has 2 rings (SSSR count). The van der Waals surface area contributed by atoms with Crippen molar-refractivity contribution in [1.82, 2.24) is 10.3 Å². The van der Waals surface area contributed by atoms with Crippen LogP contribution in [0.4, 0.5) is 0 Å². The van der Waals surface area contributed by atoms with Crippen LogP contribution in [0, 0.1) is 0 Å². The van der Waals surface area contributed by atoms with E-state index in [0.717, 1.165) is 19.5 Å². The van der Waals surface area contributed by atoms with Gasteiger partial charge in [-0.25, -0.2) is 4.98 Å². The molecule has 0 amide bonds. The fourth-order valence-electron chi connectivity index (χ4n) is 1.45.